The summed E-state index contributed by atoms with van der Waals surface area (Å²) in [6.45, 7) is 2.15. The maximum absolute atomic E-state index is 12.4. The van der Waals surface area contributed by atoms with Gasteiger partial charge in [0.05, 0.1) is 5.01 Å². The van der Waals surface area contributed by atoms with Gasteiger partial charge in [0, 0.05) is 34.7 Å². The number of pyridine rings is 1. The molecule has 1 unspecified atom stereocenters. The lowest BCUT2D eigenvalue weighted by Gasteiger charge is -2.13. The van der Waals surface area contributed by atoms with Crippen LogP contribution in [0.3, 0.4) is 0 Å². The van der Waals surface area contributed by atoms with Gasteiger partial charge in [-0.25, -0.2) is 29.0 Å². The number of thiazole rings is 1. The molecule has 0 aromatic carbocycles. The molecule has 7 nitrogen and oxygen atoms in total. The van der Waals surface area contributed by atoms with E-state index < -0.39 is 10.0 Å². The Morgan fingerprint density at radius 3 is 2.86 bits per heavy atom. The summed E-state index contributed by atoms with van der Waals surface area (Å²) in [5, 5.41) is 2.73. The first-order valence-electron chi connectivity index (χ1n) is 5.95. The molecule has 0 amide bonds. The molecule has 0 aliphatic heterocycles. The Balaban J connectivity index is 2.17. The van der Waals surface area contributed by atoms with Gasteiger partial charge in [-0.15, -0.1) is 11.3 Å². The number of nitrogens with zero attached hydrogens (tertiary/aromatic N) is 2. The molecule has 2 heterocycles. The van der Waals surface area contributed by atoms with Gasteiger partial charge in [0.1, 0.15) is 4.90 Å². The first-order valence-corrected chi connectivity index (χ1v) is 9.11. The average molecular weight is 392 g/mol. The Hall–Kier alpha value is -1.07. The van der Waals surface area contributed by atoms with Gasteiger partial charge in [-0.05, 0) is 22.0 Å². The summed E-state index contributed by atoms with van der Waals surface area (Å²) in [5.41, 5.74) is 2.28. The molecule has 0 saturated heterocycles. The smallest absolute Gasteiger partial charge is 0.244 e. The summed E-state index contributed by atoms with van der Waals surface area (Å²) in [4.78, 5) is 8.09. The number of nitrogen functional groups attached to an aromatic ring is 1. The van der Waals surface area contributed by atoms with E-state index in [-0.39, 0.29) is 23.2 Å². The molecule has 1 atom stereocenters. The molecule has 0 radical (unpaired) electrons. The van der Waals surface area contributed by atoms with Crippen LogP contribution in [-0.4, -0.2) is 24.9 Å². The predicted molar refractivity (Wildman–Crippen MR) is 85.5 cm³/mol. The van der Waals surface area contributed by atoms with E-state index in [1.54, 1.807) is 6.20 Å². The van der Waals surface area contributed by atoms with Crippen molar-refractivity contribution in [2.24, 2.45) is 5.84 Å². The van der Waals surface area contributed by atoms with Gasteiger partial charge < -0.3 is 5.43 Å². The summed E-state index contributed by atoms with van der Waals surface area (Å²) in [6, 6.07) is 1.44. The zero-order chi connectivity index (χ0) is 15.5. The Kier molecular flexibility index (Phi) is 5.27. The second-order valence-electron chi connectivity index (χ2n) is 4.27. The van der Waals surface area contributed by atoms with Crippen molar-refractivity contribution in [2.75, 3.05) is 12.0 Å². The lowest BCUT2D eigenvalue weighted by Crippen LogP contribution is -2.29. The van der Waals surface area contributed by atoms with E-state index in [1.807, 2.05) is 12.3 Å². The molecule has 0 aliphatic rings. The van der Waals surface area contributed by atoms with E-state index in [4.69, 9.17) is 5.84 Å². The van der Waals surface area contributed by atoms with Crippen LogP contribution in [0, 0.1) is 0 Å². The Labute approximate surface area is 135 Å². The number of aromatic nitrogens is 2. The van der Waals surface area contributed by atoms with Crippen LogP contribution in [0.4, 0.5) is 5.82 Å². The third kappa shape index (κ3) is 3.98. The molecule has 0 fully saturated rings. The number of hydrogen-bond acceptors (Lipinski definition) is 7. The van der Waals surface area contributed by atoms with Crippen LogP contribution in [0.15, 0.2) is 33.2 Å². The SMILES string of the molecule is CC(CNS(=O)(=O)c1cc(Br)cnc1NN)c1nccs1. The largest absolute Gasteiger partial charge is 0.307 e. The number of sulfonamides is 1. The highest BCUT2D eigenvalue weighted by Gasteiger charge is 2.21. The Morgan fingerprint density at radius 1 is 1.48 bits per heavy atom. The molecule has 10 heteroatoms. The number of halogens is 1. The third-order valence-electron chi connectivity index (χ3n) is 2.70. The van der Waals surface area contributed by atoms with Gasteiger partial charge in [-0.1, -0.05) is 6.92 Å². The van der Waals surface area contributed by atoms with Gasteiger partial charge in [-0.3, -0.25) is 0 Å². The lowest BCUT2D eigenvalue weighted by atomic mass is 10.2. The summed E-state index contributed by atoms with van der Waals surface area (Å²) in [7, 11) is -3.72. The van der Waals surface area contributed by atoms with Crippen molar-refractivity contribution >= 4 is 43.1 Å². The van der Waals surface area contributed by atoms with Crippen molar-refractivity contribution in [3.05, 3.63) is 33.3 Å². The van der Waals surface area contributed by atoms with Crippen LogP contribution in [-0.2, 0) is 10.0 Å². The van der Waals surface area contributed by atoms with Crippen LogP contribution in [0.5, 0.6) is 0 Å². The van der Waals surface area contributed by atoms with Crippen LogP contribution >= 0.6 is 27.3 Å². The topological polar surface area (TPSA) is 110 Å². The normalized spacial score (nSPS) is 13.1. The first kappa shape index (κ1) is 16.3. The molecular weight excluding hydrogens is 378 g/mol. The summed E-state index contributed by atoms with van der Waals surface area (Å²) in [6.07, 6.45) is 3.16. The second-order valence-corrected chi connectivity index (χ2v) is 7.85. The maximum atomic E-state index is 12.4. The van der Waals surface area contributed by atoms with Crippen LogP contribution in [0.2, 0.25) is 0 Å². The fraction of sp³-hybridized carbons (Fsp3) is 0.273. The summed E-state index contributed by atoms with van der Waals surface area (Å²) in [5.74, 6) is 5.37. The van der Waals surface area contributed by atoms with Gasteiger partial charge in [0.15, 0.2) is 5.82 Å². The van der Waals surface area contributed by atoms with Gasteiger partial charge in [-0.2, -0.15) is 0 Å². The van der Waals surface area contributed by atoms with Crippen molar-refractivity contribution in [1.29, 1.82) is 0 Å². The molecule has 21 heavy (non-hydrogen) atoms. The number of nitrogens with one attached hydrogen (secondary N) is 2. The summed E-state index contributed by atoms with van der Waals surface area (Å²) < 4.78 is 27.8. The van der Waals surface area contributed by atoms with Crippen LogP contribution in [0.25, 0.3) is 0 Å². The predicted octanol–water partition coefficient (Wildman–Crippen LogP) is 1.67. The fourth-order valence-corrected chi connectivity index (χ4v) is 4.07. The molecule has 2 aromatic rings. The minimum atomic E-state index is -3.72. The minimum Gasteiger partial charge on any atom is -0.307 e. The fourth-order valence-electron chi connectivity index (χ4n) is 1.61. The van der Waals surface area contributed by atoms with Gasteiger partial charge >= 0.3 is 0 Å². The number of anilines is 1. The number of hydrazine groups is 1. The number of rotatable bonds is 6. The maximum Gasteiger partial charge on any atom is 0.244 e. The Bertz CT molecular complexity index is 705. The lowest BCUT2D eigenvalue weighted by molar-refractivity contribution is 0.574. The summed E-state index contributed by atoms with van der Waals surface area (Å²) >= 11 is 4.69. The van der Waals surface area contributed by atoms with E-state index in [0.29, 0.717) is 4.47 Å². The second kappa shape index (κ2) is 6.79. The monoisotopic (exact) mass is 391 g/mol. The van der Waals surface area contributed by atoms with Crippen molar-refractivity contribution in [2.45, 2.75) is 17.7 Å². The average Bonchev–Trinajstić information content (AvgIpc) is 2.99. The van der Waals surface area contributed by atoms with E-state index in [0.717, 1.165) is 5.01 Å². The van der Waals surface area contributed by atoms with E-state index in [1.165, 1.54) is 23.6 Å². The van der Waals surface area contributed by atoms with Crippen LogP contribution in [0.1, 0.15) is 17.8 Å². The zero-order valence-corrected chi connectivity index (χ0v) is 14.3. The van der Waals surface area contributed by atoms with E-state index in [2.05, 4.69) is 36.0 Å². The van der Waals surface area contributed by atoms with Gasteiger partial charge in [0.25, 0.3) is 0 Å². The zero-order valence-electron chi connectivity index (χ0n) is 11.1. The molecule has 0 bridgehead atoms. The quantitative estimate of drug-likeness (QED) is 0.510. The number of hydrogen-bond donors (Lipinski definition) is 3. The molecule has 2 rings (SSSR count). The highest BCUT2D eigenvalue weighted by molar-refractivity contribution is 9.10. The van der Waals surface area contributed by atoms with Crippen LogP contribution < -0.4 is 16.0 Å². The number of nitrogens with two attached hydrogens (primary N) is 1. The first-order chi connectivity index (χ1) is 9.94. The van der Waals surface area contributed by atoms with E-state index >= 15 is 0 Å². The standard InChI is InChI=1S/C11H14BrN5O2S2/c1-7(11-14-2-3-20-11)5-16-21(18,19)9-4-8(12)6-15-10(9)17-13/h2-4,6-7,16H,5,13H2,1H3,(H,15,17). The van der Waals surface area contributed by atoms with Crippen molar-refractivity contribution in [3.63, 3.8) is 0 Å². The van der Waals surface area contributed by atoms with E-state index in [9.17, 15) is 8.42 Å². The minimum absolute atomic E-state index is 0.00860. The molecule has 114 valence electrons. The Morgan fingerprint density at radius 2 is 2.24 bits per heavy atom. The van der Waals surface area contributed by atoms with Crippen molar-refractivity contribution in [3.8, 4) is 0 Å². The molecule has 4 N–H and O–H groups in total. The van der Waals surface area contributed by atoms with Crippen molar-refractivity contribution in [1.82, 2.24) is 14.7 Å². The molecule has 2 aromatic heterocycles. The van der Waals surface area contributed by atoms with Crippen molar-refractivity contribution < 1.29 is 8.42 Å². The molecular formula is C11H14BrN5O2S2. The molecule has 0 saturated carbocycles. The highest BCUT2D eigenvalue weighted by atomic mass is 79.9. The van der Waals surface area contributed by atoms with Gasteiger partial charge in [0.2, 0.25) is 10.0 Å². The molecule has 0 aliphatic carbocycles. The molecule has 0 spiro atoms. The highest BCUT2D eigenvalue weighted by Crippen LogP contribution is 2.23. The third-order valence-corrected chi connectivity index (χ3v) is 5.58.